The topological polar surface area (TPSA) is 96.6 Å². The summed E-state index contributed by atoms with van der Waals surface area (Å²) in [6.45, 7) is 8.32. The number of aliphatic hydroxyl groups is 1. The van der Waals surface area contributed by atoms with Gasteiger partial charge in [-0.15, -0.1) is 0 Å². The third-order valence-electron chi connectivity index (χ3n) is 6.95. The SMILES string of the molecule is CC(C)c1cc(C(C)C)c2c(c1)C1(NC(=S)Nc3ccccc3)C(=O)c3c(N)cccc3C1(O)O2. The van der Waals surface area contributed by atoms with Crippen LogP contribution in [0.4, 0.5) is 11.4 Å². The number of fused-ring (bicyclic) bond motifs is 5. The Bertz CT molecular complexity index is 1360. The van der Waals surface area contributed by atoms with Gasteiger partial charge < -0.3 is 26.2 Å². The predicted molar refractivity (Wildman–Crippen MR) is 142 cm³/mol. The molecule has 0 amide bonds. The van der Waals surface area contributed by atoms with E-state index in [-0.39, 0.29) is 34.0 Å². The van der Waals surface area contributed by atoms with Crippen molar-refractivity contribution in [3.8, 4) is 5.75 Å². The van der Waals surface area contributed by atoms with Gasteiger partial charge in [-0.2, -0.15) is 0 Å². The van der Waals surface area contributed by atoms with Gasteiger partial charge in [0.25, 0.3) is 5.79 Å². The monoisotopic (exact) mass is 487 g/mol. The number of rotatable bonds is 4. The van der Waals surface area contributed by atoms with E-state index in [1.165, 1.54) is 0 Å². The van der Waals surface area contributed by atoms with Crippen LogP contribution in [0.3, 0.4) is 0 Å². The number of ketones is 1. The number of thiocarbonyl (C=S) groups is 1. The Hall–Kier alpha value is -3.42. The third-order valence-corrected chi connectivity index (χ3v) is 7.16. The Balaban J connectivity index is 1.75. The van der Waals surface area contributed by atoms with E-state index >= 15 is 0 Å². The number of nitrogens with one attached hydrogen (secondary N) is 2. The van der Waals surface area contributed by atoms with Gasteiger partial charge in [0.05, 0.1) is 5.56 Å². The van der Waals surface area contributed by atoms with E-state index in [1.54, 1.807) is 18.2 Å². The van der Waals surface area contributed by atoms with Gasteiger partial charge in [-0.05, 0) is 59.4 Å². The number of ether oxygens (including phenoxy) is 1. The first kappa shape index (κ1) is 23.3. The number of anilines is 2. The summed E-state index contributed by atoms with van der Waals surface area (Å²) in [6.07, 6.45) is 0. The second-order valence-corrected chi connectivity index (χ2v) is 10.2. The highest BCUT2D eigenvalue weighted by Crippen LogP contribution is 2.60. The second-order valence-electron chi connectivity index (χ2n) is 9.84. The summed E-state index contributed by atoms with van der Waals surface area (Å²) in [7, 11) is 0. The smallest absolute Gasteiger partial charge is 0.271 e. The maximum atomic E-state index is 14.3. The van der Waals surface area contributed by atoms with Crippen molar-refractivity contribution in [1.82, 2.24) is 5.32 Å². The fourth-order valence-electron chi connectivity index (χ4n) is 5.13. The van der Waals surface area contributed by atoms with Crippen molar-refractivity contribution in [2.75, 3.05) is 11.1 Å². The molecule has 0 spiro atoms. The zero-order valence-electron chi connectivity index (χ0n) is 20.2. The van der Waals surface area contributed by atoms with Crippen LogP contribution in [0.2, 0.25) is 0 Å². The largest absolute Gasteiger partial charge is 0.454 e. The molecule has 0 aromatic heterocycles. The Morgan fingerprint density at radius 2 is 1.71 bits per heavy atom. The summed E-state index contributed by atoms with van der Waals surface area (Å²) < 4.78 is 6.38. The predicted octanol–water partition coefficient (Wildman–Crippen LogP) is 5.13. The van der Waals surface area contributed by atoms with Gasteiger partial charge in [0.2, 0.25) is 11.3 Å². The molecule has 3 aromatic carbocycles. The van der Waals surface area contributed by atoms with Crippen molar-refractivity contribution in [1.29, 1.82) is 0 Å². The number of hydrogen-bond donors (Lipinski definition) is 4. The zero-order chi connectivity index (χ0) is 25.1. The molecule has 1 aliphatic carbocycles. The van der Waals surface area contributed by atoms with Crippen molar-refractivity contribution in [2.24, 2.45) is 0 Å². The fourth-order valence-corrected chi connectivity index (χ4v) is 5.40. The quantitative estimate of drug-likeness (QED) is 0.299. The van der Waals surface area contributed by atoms with E-state index in [9.17, 15) is 9.90 Å². The number of carbonyl (C=O) groups is 1. The number of nitrogens with two attached hydrogens (primary N) is 1. The summed E-state index contributed by atoms with van der Waals surface area (Å²) in [5.74, 6) is -1.60. The van der Waals surface area contributed by atoms with Crippen LogP contribution in [0.15, 0.2) is 60.7 Å². The highest BCUT2D eigenvalue weighted by molar-refractivity contribution is 7.80. The van der Waals surface area contributed by atoms with Crippen LogP contribution in [0.25, 0.3) is 0 Å². The first-order chi connectivity index (χ1) is 16.6. The van der Waals surface area contributed by atoms with Gasteiger partial charge in [-0.25, -0.2) is 0 Å². The summed E-state index contributed by atoms with van der Waals surface area (Å²) in [5.41, 5.74) is 8.70. The van der Waals surface area contributed by atoms with Gasteiger partial charge in [0.1, 0.15) is 5.75 Å². The molecule has 1 heterocycles. The molecule has 180 valence electrons. The molecule has 0 bridgehead atoms. The lowest BCUT2D eigenvalue weighted by Crippen LogP contribution is -2.60. The summed E-state index contributed by atoms with van der Waals surface area (Å²) >= 11 is 5.66. The molecule has 2 unspecified atom stereocenters. The maximum Gasteiger partial charge on any atom is 0.271 e. The van der Waals surface area contributed by atoms with Gasteiger partial charge in [0.15, 0.2) is 5.11 Å². The number of nitrogen functional groups attached to an aromatic ring is 1. The molecular formula is C28H29N3O3S. The first-order valence-corrected chi connectivity index (χ1v) is 12.2. The number of Topliss-reactive ketones (excluding diaryl/α,β-unsaturated/α-hetero) is 1. The Morgan fingerprint density at radius 3 is 2.37 bits per heavy atom. The Morgan fingerprint density at radius 1 is 1.00 bits per heavy atom. The average molecular weight is 488 g/mol. The number of benzene rings is 3. The van der Waals surface area contributed by atoms with Crippen molar-refractivity contribution in [3.63, 3.8) is 0 Å². The standard InChI is InChI=1S/C28H29N3O3S/c1-15(2)17-13-19(16(3)4)24-21(14-17)27(31-26(35)30-18-9-6-5-7-10-18)25(32)23-20(28(27,33)34-24)11-8-12-22(23)29/h5-16,33H,29H2,1-4H3,(H2,30,31,35). The molecule has 35 heavy (non-hydrogen) atoms. The van der Waals surface area contributed by atoms with E-state index in [1.807, 2.05) is 36.4 Å². The molecule has 0 fully saturated rings. The van der Waals surface area contributed by atoms with Crippen molar-refractivity contribution >= 4 is 34.5 Å². The van der Waals surface area contributed by atoms with Crippen LogP contribution in [0.1, 0.15) is 72.1 Å². The summed E-state index contributed by atoms with van der Waals surface area (Å²) in [4.78, 5) is 14.3. The highest BCUT2D eigenvalue weighted by atomic mass is 32.1. The minimum atomic E-state index is -2.03. The molecule has 3 aromatic rings. The minimum Gasteiger partial charge on any atom is -0.454 e. The van der Waals surface area contributed by atoms with E-state index in [0.717, 1.165) is 16.8 Å². The summed E-state index contributed by atoms with van der Waals surface area (Å²) in [6, 6.07) is 18.5. The number of para-hydroxylation sites is 1. The van der Waals surface area contributed by atoms with Crippen molar-refractivity contribution in [3.05, 3.63) is 88.5 Å². The molecule has 6 nitrogen and oxygen atoms in total. The average Bonchev–Trinajstić information content (AvgIpc) is 3.17. The molecule has 5 N–H and O–H groups in total. The molecule has 2 aliphatic rings. The normalized spacial score (nSPS) is 22.0. The van der Waals surface area contributed by atoms with Crippen LogP contribution in [-0.2, 0) is 11.3 Å². The molecule has 0 saturated heterocycles. The van der Waals surface area contributed by atoms with Gasteiger partial charge in [-0.3, -0.25) is 4.79 Å². The molecule has 2 atom stereocenters. The molecule has 7 heteroatoms. The minimum absolute atomic E-state index is 0.103. The molecule has 0 radical (unpaired) electrons. The van der Waals surface area contributed by atoms with Crippen LogP contribution in [-0.4, -0.2) is 16.0 Å². The van der Waals surface area contributed by atoms with Gasteiger partial charge in [0, 0.05) is 22.5 Å². The van der Waals surface area contributed by atoms with E-state index in [2.05, 4.69) is 44.4 Å². The van der Waals surface area contributed by atoms with Crippen LogP contribution in [0, 0.1) is 0 Å². The summed E-state index contributed by atoms with van der Waals surface area (Å²) in [5, 5.41) is 18.8. The zero-order valence-corrected chi connectivity index (χ0v) is 21.0. The lowest BCUT2D eigenvalue weighted by atomic mass is 9.80. The van der Waals surface area contributed by atoms with E-state index < -0.39 is 11.3 Å². The number of carbonyl (C=O) groups excluding carboxylic acids is 1. The van der Waals surface area contributed by atoms with Crippen molar-refractivity contribution in [2.45, 2.75) is 50.9 Å². The Kier molecular flexibility index (Phi) is 5.38. The lowest BCUT2D eigenvalue weighted by Gasteiger charge is -2.35. The maximum absolute atomic E-state index is 14.3. The Labute approximate surface area is 210 Å². The van der Waals surface area contributed by atoms with Crippen molar-refractivity contribution < 1.29 is 14.6 Å². The second kappa shape index (κ2) is 8.07. The fraction of sp³-hybridized carbons (Fsp3) is 0.286. The first-order valence-electron chi connectivity index (χ1n) is 11.8. The third kappa shape index (κ3) is 3.26. The van der Waals surface area contributed by atoms with Gasteiger partial charge >= 0.3 is 0 Å². The lowest BCUT2D eigenvalue weighted by molar-refractivity contribution is -0.167. The molecule has 0 saturated carbocycles. The van der Waals surface area contributed by atoms with Crippen LogP contribution < -0.4 is 21.1 Å². The number of hydrogen-bond acceptors (Lipinski definition) is 5. The molecule has 5 rings (SSSR count). The molecular weight excluding hydrogens is 458 g/mol. The van der Waals surface area contributed by atoms with Crippen LogP contribution in [0.5, 0.6) is 5.75 Å². The molecule has 1 aliphatic heterocycles. The van der Waals surface area contributed by atoms with Gasteiger partial charge in [-0.1, -0.05) is 64.1 Å². The van der Waals surface area contributed by atoms with E-state index in [0.29, 0.717) is 16.9 Å². The highest BCUT2D eigenvalue weighted by Gasteiger charge is 2.72. The van der Waals surface area contributed by atoms with Crippen LogP contribution >= 0.6 is 12.2 Å². The van der Waals surface area contributed by atoms with E-state index in [4.69, 9.17) is 22.7 Å².